The van der Waals surface area contributed by atoms with Crippen molar-refractivity contribution in [3.8, 4) is 0 Å². The first-order valence-corrected chi connectivity index (χ1v) is 8.35. The molecule has 114 valence electrons. The quantitative estimate of drug-likeness (QED) is 0.937. The van der Waals surface area contributed by atoms with Gasteiger partial charge in [-0.2, -0.15) is 0 Å². The Bertz CT molecular complexity index is 640. The number of morpholine rings is 1. The predicted molar refractivity (Wildman–Crippen MR) is 88.1 cm³/mol. The molecular weight excluding hydrogens is 306 g/mol. The molecule has 1 unspecified atom stereocenters. The molecule has 2 aromatic rings. The van der Waals surface area contributed by atoms with E-state index in [4.69, 9.17) is 16.3 Å². The molecule has 0 amide bonds. The molecule has 0 bridgehead atoms. The Hall–Kier alpha value is -0.650. The number of fused-ring (bicyclic) bond motifs is 1. The van der Waals surface area contributed by atoms with Crippen molar-refractivity contribution in [2.24, 2.45) is 0 Å². The monoisotopic (exact) mass is 325 g/mol. The number of benzene rings is 1. The van der Waals surface area contributed by atoms with E-state index >= 15 is 0 Å². The highest BCUT2D eigenvalue weighted by atomic mass is 35.5. The fourth-order valence-electron chi connectivity index (χ4n) is 3.00. The molecule has 1 aliphatic rings. The summed E-state index contributed by atoms with van der Waals surface area (Å²) in [4.78, 5) is 3.51. The molecule has 1 fully saturated rings. The van der Waals surface area contributed by atoms with Gasteiger partial charge in [0.05, 0.1) is 23.3 Å². The lowest BCUT2D eigenvalue weighted by atomic mass is 10.1. The summed E-state index contributed by atoms with van der Waals surface area (Å²) in [6.45, 7) is 6.57. The molecule has 0 saturated carbocycles. The maximum atomic E-state index is 9.40. The first kappa shape index (κ1) is 15.3. The van der Waals surface area contributed by atoms with Crippen LogP contribution in [-0.2, 0) is 11.3 Å². The normalized spacial score (nSPS) is 22.8. The molecule has 3 nitrogen and oxygen atoms in total. The molecule has 2 heterocycles. The van der Waals surface area contributed by atoms with Crippen LogP contribution < -0.4 is 0 Å². The van der Waals surface area contributed by atoms with E-state index in [9.17, 15) is 5.11 Å². The van der Waals surface area contributed by atoms with Crippen molar-refractivity contribution >= 4 is 33.0 Å². The Morgan fingerprint density at radius 3 is 2.90 bits per heavy atom. The summed E-state index contributed by atoms with van der Waals surface area (Å²) >= 11 is 8.27. The van der Waals surface area contributed by atoms with E-state index in [0.717, 1.165) is 30.0 Å². The summed E-state index contributed by atoms with van der Waals surface area (Å²) in [5.41, 5.74) is -0.241. The van der Waals surface area contributed by atoms with Gasteiger partial charge in [-0.15, -0.1) is 11.3 Å². The molecule has 1 saturated heterocycles. The molecule has 0 spiro atoms. The van der Waals surface area contributed by atoms with Gasteiger partial charge in [-0.05, 0) is 19.9 Å². The van der Waals surface area contributed by atoms with Gasteiger partial charge < -0.3 is 9.84 Å². The molecule has 21 heavy (non-hydrogen) atoms. The Morgan fingerprint density at radius 1 is 1.43 bits per heavy atom. The number of aliphatic hydroxyl groups excluding tert-OH is 1. The van der Waals surface area contributed by atoms with E-state index < -0.39 is 0 Å². The van der Waals surface area contributed by atoms with Crippen molar-refractivity contribution in [3.63, 3.8) is 0 Å². The van der Waals surface area contributed by atoms with E-state index in [1.165, 1.54) is 9.58 Å². The predicted octanol–water partition coefficient (Wildman–Crippen LogP) is 3.53. The van der Waals surface area contributed by atoms with Crippen LogP contribution in [0.15, 0.2) is 24.3 Å². The van der Waals surface area contributed by atoms with Gasteiger partial charge in [0.25, 0.3) is 0 Å². The van der Waals surface area contributed by atoms with Crippen LogP contribution in [0.1, 0.15) is 18.7 Å². The molecule has 1 aromatic carbocycles. The third-order valence-corrected chi connectivity index (χ3v) is 5.42. The van der Waals surface area contributed by atoms with Gasteiger partial charge in [0.1, 0.15) is 0 Å². The van der Waals surface area contributed by atoms with Crippen LogP contribution >= 0.6 is 22.9 Å². The lowest BCUT2D eigenvalue weighted by Gasteiger charge is -2.42. The van der Waals surface area contributed by atoms with Gasteiger partial charge in [-0.25, -0.2) is 0 Å². The average molecular weight is 326 g/mol. The number of hydrogen-bond acceptors (Lipinski definition) is 4. The van der Waals surface area contributed by atoms with E-state index in [0.29, 0.717) is 0 Å². The lowest BCUT2D eigenvalue weighted by Crippen LogP contribution is -2.53. The second kappa shape index (κ2) is 5.86. The minimum absolute atomic E-state index is 0.0556. The standard InChI is InChI=1S/C16H20ClNO2S/c1-16(2)10-18(7-11(9-19)20-16)8-14-15(17)12-5-3-4-6-13(12)21-14/h3-6,11,19H,7-10H2,1-2H3. The van der Waals surface area contributed by atoms with Gasteiger partial charge in [0, 0.05) is 34.6 Å². The summed E-state index contributed by atoms with van der Waals surface area (Å²) in [5.74, 6) is 0. The Labute approximate surface area is 134 Å². The molecule has 1 aromatic heterocycles. The van der Waals surface area contributed by atoms with E-state index in [-0.39, 0.29) is 18.3 Å². The highest BCUT2D eigenvalue weighted by Gasteiger charge is 2.33. The van der Waals surface area contributed by atoms with Crippen molar-refractivity contribution in [1.82, 2.24) is 4.90 Å². The SMILES string of the molecule is CC1(C)CN(Cc2sc3ccccc3c2Cl)CC(CO)O1. The summed E-state index contributed by atoms with van der Waals surface area (Å²) in [6, 6.07) is 8.23. The van der Waals surface area contributed by atoms with E-state index in [1.54, 1.807) is 11.3 Å². The zero-order chi connectivity index (χ0) is 15.0. The molecule has 0 aliphatic carbocycles. The highest BCUT2D eigenvalue weighted by Crippen LogP contribution is 2.36. The first-order valence-electron chi connectivity index (χ1n) is 7.15. The second-order valence-electron chi connectivity index (χ2n) is 6.19. The summed E-state index contributed by atoms with van der Waals surface area (Å²) in [6.07, 6.45) is -0.123. The molecular formula is C16H20ClNO2S. The fourth-order valence-corrected chi connectivity index (χ4v) is 4.54. The highest BCUT2D eigenvalue weighted by molar-refractivity contribution is 7.19. The van der Waals surface area contributed by atoms with Crippen LogP contribution in [0.5, 0.6) is 0 Å². The second-order valence-corrected chi connectivity index (χ2v) is 7.70. The Balaban J connectivity index is 1.82. The van der Waals surface area contributed by atoms with Crippen LogP contribution in [0.4, 0.5) is 0 Å². The first-order chi connectivity index (χ1) is 9.98. The third kappa shape index (κ3) is 3.25. The molecule has 1 aliphatic heterocycles. The Kier molecular flexibility index (Phi) is 4.26. The van der Waals surface area contributed by atoms with Gasteiger partial charge in [0.15, 0.2) is 0 Å². The number of hydrogen-bond donors (Lipinski definition) is 1. The average Bonchev–Trinajstić information content (AvgIpc) is 2.74. The largest absolute Gasteiger partial charge is 0.394 e. The van der Waals surface area contributed by atoms with E-state index in [2.05, 4.69) is 30.9 Å². The summed E-state index contributed by atoms with van der Waals surface area (Å²) in [5, 5.41) is 11.4. The number of ether oxygens (including phenoxy) is 1. The molecule has 0 radical (unpaired) electrons. The van der Waals surface area contributed by atoms with Crippen molar-refractivity contribution in [2.75, 3.05) is 19.7 Å². The maximum Gasteiger partial charge on any atom is 0.0940 e. The van der Waals surface area contributed by atoms with Crippen LogP contribution in [0, 0.1) is 0 Å². The molecule has 1 atom stereocenters. The van der Waals surface area contributed by atoms with E-state index in [1.807, 2.05) is 12.1 Å². The minimum Gasteiger partial charge on any atom is -0.394 e. The zero-order valence-corrected chi connectivity index (χ0v) is 13.9. The number of rotatable bonds is 3. The van der Waals surface area contributed by atoms with Gasteiger partial charge >= 0.3 is 0 Å². The van der Waals surface area contributed by atoms with Crippen LogP contribution in [-0.4, -0.2) is 41.4 Å². The van der Waals surface area contributed by atoms with Crippen molar-refractivity contribution < 1.29 is 9.84 Å². The topological polar surface area (TPSA) is 32.7 Å². The summed E-state index contributed by atoms with van der Waals surface area (Å²) in [7, 11) is 0. The molecule has 3 rings (SSSR count). The third-order valence-electron chi connectivity index (χ3n) is 3.72. The van der Waals surface area contributed by atoms with Crippen molar-refractivity contribution in [1.29, 1.82) is 0 Å². The van der Waals surface area contributed by atoms with Gasteiger partial charge in [-0.3, -0.25) is 4.90 Å². The molecule has 5 heteroatoms. The van der Waals surface area contributed by atoms with Gasteiger partial charge in [-0.1, -0.05) is 29.8 Å². The number of aliphatic hydroxyl groups is 1. The Morgan fingerprint density at radius 2 is 2.19 bits per heavy atom. The van der Waals surface area contributed by atoms with Gasteiger partial charge in [0.2, 0.25) is 0 Å². The smallest absolute Gasteiger partial charge is 0.0940 e. The van der Waals surface area contributed by atoms with Crippen molar-refractivity contribution in [2.45, 2.75) is 32.1 Å². The lowest BCUT2D eigenvalue weighted by molar-refractivity contribution is -0.150. The minimum atomic E-state index is -0.241. The van der Waals surface area contributed by atoms with Crippen LogP contribution in [0.25, 0.3) is 10.1 Å². The van der Waals surface area contributed by atoms with Crippen LogP contribution in [0.3, 0.4) is 0 Å². The molecule has 1 N–H and O–H groups in total. The fraction of sp³-hybridized carbons (Fsp3) is 0.500. The summed E-state index contributed by atoms with van der Waals surface area (Å²) < 4.78 is 7.08. The number of nitrogens with zero attached hydrogens (tertiary/aromatic N) is 1. The van der Waals surface area contributed by atoms with Crippen LogP contribution in [0.2, 0.25) is 5.02 Å². The number of thiophene rings is 1. The van der Waals surface area contributed by atoms with Crippen molar-refractivity contribution in [3.05, 3.63) is 34.2 Å². The zero-order valence-electron chi connectivity index (χ0n) is 12.3. The number of halogens is 1. The maximum absolute atomic E-state index is 9.40.